The number of fused-ring (bicyclic) bond motifs is 5. The highest BCUT2D eigenvalue weighted by atomic mass is 16.6. The Kier molecular flexibility index (Phi) is 4.46. The number of esters is 1. The number of aliphatic hydroxyl groups excluding tert-OH is 1. The van der Waals surface area contributed by atoms with Crippen LogP contribution >= 0.6 is 0 Å². The highest BCUT2D eigenvalue weighted by Crippen LogP contribution is 2.47. The van der Waals surface area contributed by atoms with Gasteiger partial charge in [-0.15, -0.1) is 0 Å². The number of carbonyl (C=O) groups is 1. The van der Waals surface area contributed by atoms with Gasteiger partial charge in [0.1, 0.15) is 6.10 Å². The summed E-state index contributed by atoms with van der Waals surface area (Å²) in [6.07, 6.45) is 3.85. The number of aliphatic hydroxyl groups is 2. The standard InChI is InChI=1S/C20H30O6/c1-11-5-4-7-20(3)14(26-20)6-8-19(2,23)15-9-12-13(10-21)18(22)25-17(12)16(11)24-15/h11,14-17,21,23H,4-10H2,1-3H3. The van der Waals surface area contributed by atoms with Gasteiger partial charge in [-0.1, -0.05) is 13.3 Å². The first-order valence-electron chi connectivity index (χ1n) is 9.84. The number of carbonyl (C=O) groups excluding carboxylic acids is 1. The Bertz CT molecular complexity index is 626. The van der Waals surface area contributed by atoms with Crippen LogP contribution in [0.25, 0.3) is 0 Å². The fourth-order valence-corrected chi connectivity index (χ4v) is 4.94. The molecular weight excluding hydrogens is 336 g/mol. The molecule has 6 heteroatoms. The Labute approximate surface area is 154 Å². The molecule has 2 bridgehead atoms. The number of hydrogen-bond acceptors (Lipinski definition) is 6. The molecule has 0 spiro atoms. The van der Waals surface area contributed by atoms with Crippen LogP contribution in [0.4, 0.5) is 0 Å². The van der Waals surface area contributed by atoms with Gasteiger partial charge in [0.15, 0.2) is 6.10 Å². The summed E-state index contributed by atoms with van der Waals surface area (Å²) in [4.78, 5) is 12.2. The first-order valence-corrected chi connectivity index (χ1v) is 9.84. The van der Waals surface area contributed by atoms with E-state index in [1.54, 1.807) is 0 Å². The summed E-state index contributed by atoms with van der Waals surface area (Å²) in [5, 5.41) is 20.8. The molecule has 0 saturated carbocycles. The quantitative estimate of drug-likeness (QED) is 0.544. The third-order valence-corrected chi connectivity index (χ3v) is 6.93. The van der Waals surface area contributed by atoms with E-state index < -0.39 is 23.8 Å². The maximum atomic E-state index is 12.2. The zero-order chi connectivity index (χ0) is 18.7. The van der Waals surface area contributed by atoms with E-state index in [0.717, 1.165) is 31.3 Å². The van der Waals surface area contributed by atoms with Crippen molar-refractivity contribution in [2.75, 3.05) is 6.61 Å². The lowest BCUT2D eigenvalue weighted by atomic mass is 9.78. The summed E-state index contributed by atoms with van der Waals surface area (Å²) in [7, 11) is 0. The van der Waals surface area contributed by atoms with Crippen molar-refractivity contribution < 1.29 is 29.2 Å². The van der Waals surface area contributed by atoms with Crippen LogP contribution in [0.5, 0.6) is 0 Å². The van der Waals surface area contributed by atoms with Gasteiger partial charge in [-0.05, 0) is 51.0 Å². The van der Waals surface area contributed by atoms with E-state index in [4.69, 9.17) is 14.2 Å². The predicted molar refractivity (Wildman–Crippen MR) is 93.4 cm³/mol. The van der Waals surface area contributed by atoms with Crippen molar-refractivity contribution in [2.45, 2.75) is 94.9 Å². The molecule has 4 aliphatic rings. The number of ether oxygens (including phenoxy) is 3. The van der Waals surface area contributed by atoms with Gasteiger partial charge in [0.25, 0.3) is 0 Å². The van der Waals surface area contributed by atoms with Crippen molar-refractivity contribution in [1.82, 2.24) is 0 Å². The molecule has 4 heterocycles. The van der Waals surface area contributed by atoms with Crippen LogP contribution in [0.1, 0.15) is 59.3 Å². The second-order valence-electron chi connectivity index (χ2n) is 8.97. The van der Waals surface area contributed by atoms with E-state index in [-0.39, 0.29) is 30.3 Å². The van der Waals surface area contributed by atoms with Crippen molar-refractivity contribution in [3.8, 4) is 0 Å². The molecule has 3 saturated heterocycles. The monoisotopic (exact) mass is 366 g/mol. The van der Waals surface area contributed by atoms with Crippen molar-refractivity contribution in [3.05, 3.63) is 11.1 Å². The van der Waals surface area contributed by atoms with E-state index in [0.29, 0.717) is 18.4 Å². The van der Waals surface area contributed by atoms with Gasteiger partial charge >= 0.3 is 5.97 Å². The van der Waals surface area contributed by atoms with E-state index in [1.807, 2.05) is 6.92 Å². The lowest BCUT2D eigenvalue weighted by Gasteiger charge is -2.44. The maximum Gasteiger partial charge on any atom is 0.337 e. The number of rotatable bonds is 1. The predicted octanol–water partition coefficient (Wildman–Crippen LogP) is 1.87. The molecule has 3 fully saturated rings. The van der Waals surface area contributed by atoms with Gasteiger partial charge in [-0.2, -0.15) is 0 Å². The first kappa shape index (κ1) is 18.4. The minimum atomic E-state index is -1.02. The molecular formula is C20H30O6. The van der Waals surface area contributed by atoms with Gasteiger partial charge < -0.3 is 24.4 Å². The zero-order valence-electron chi connectivity index (χ0n) is 15.9. The van der Waals surface area contributed by atoms with Crippen molar-refractivity contribution >= 4 is 5.97 Å². The molecule has 0 aromatic carbocycles. The Hall–Kier alpha value is -0.950. The summed E-state index contributed by atoms with van der Waals surface area (Å²) in [5.41, 5.74) is 0.0885. The first-order chi connectivity index (χ1) is 12.2. The topological polar surface area (TPSA) is 88.5 Å². The summed E-state index contributed by atoms with van der Waals surface area (Å²) in [6.45, 7) is 5.76. The average molecular weight is 366 g/mol. The molecule has 0 radical (unpaired) electrons. The molecule has 146 valence electrons. The molecule has 6 nitrogen and oxygen atoms in total. The lowest BCUT2D eigenvalue weighted by molar-refractivity contribution is -0.188. The van der Waals surface area contributed by atoms with Crippen molar-refractivity contribution in [3.63, 3.8) is 0 Å². The SMILES string of the molecule is CC1CCCC2(C)OC2CCC(C)(O)C2CC3=C(CO)C(=O)OC3C1O2. The van der Waals surface area contributed by atoms with Crippen LogP contribution < -0.4 is 0 Å². The van der Waals surface area contributed by atoms with Crippen LogP contribution in [-0.2, 0) is 19.0 Å². The van der Waals surface area contributed by atoms with Gasteiger partial charge in [0, 0.05) is 6.42 Å². The molecule has 0 aliphatic carbocycles. The number of epoxide rings is 1. The Morgan fingerprint density at radius 3 is 2.69 bits per heavy atom. The van der Waals surface area contributed by atoms with Crippen LogP contribution in [0, 0.1) is 5.92 Å². The Morgan fingerprint density at radius 1 is 1.19 bits per heavy atom. The molecule has 0 aromatic rings. The van der Waals surface area contributed by atoms with Crippen LogP contribution in [0.3, 0.4) is 0 Å². The van der Waals surface area contributed by atoms with Crippen molar-refractivity contribution in [2.24, 2.45) is 5.92 Å². The van der Waals surface area contributed by atoms with Gasteiger partial charge in [-0.3, -0.25) is 0 Å². The summed E-state index contributed by atoms with van der Waals surface area (Å²) in [6, 6.07) is 0. The van der Waals surface area contributed by atoms with Crippen LogP contribution in [-0.4, -0.2) is 58.4 Å². The minimum Gasteiger partial charge on any atom is -0.452 e. The lowest BCUT2D eigenvalue weighted by Crippen LogP contribution is -2.52. The van der Waals surface area contributed by atoms with Crippen LogP contribution in [0.2, 0.25) is 0 Å². The van der Waals surface area contributed by atoms with Gasteiger partial charge in [0.2, 0.25) is 0 Å². The zero-order valence-corrected chi connectivity index (χ0v) is 15.9. The summed E-state index contributed by atoms with van der Waals surface area (Å²) in [5.74, 6) is -0.264. The third-order valence-electron chi connectivity index (χ3n) is 6.93. The molecule has 7 atom stereocenters. The molecule has 26 heavy (non-hydrogen) atoms. The highest BCUT2D eigenvalue weighted by Gasteiger charge is 2.54. The highest BCUT2D eigenvalue weighted by molar-refractivity contribution is 5.92. The van der Waals surface area contributed by atoms with Gasteiger partial charge in [-0.25, -0.2) is 4.79 Å². The van der Waals surface area contributed by atoms with E-state index in [9.17, 15) is 15.0 Å². The smallest absolute Gasteiger partial charge is 0.337 e. The third kappa shape index (κ3) is 3.01. The summed E-state index contributed by atoms with van der Waals surface area (Å²) >= 11 is 0. The normalized spacial score (nSPS) is 48.8. The molecule has 4 rings (SSSR count). The fourth-order valence-electron chi connectivity index (χ4n) is 4.94. The van der Waals surface area contributed by atoms with Crippen LogP contribution in [0.15, 0.2) is 11.1 Å². The van der Waals surface area contributed by atoms with Gasteiger partial charge in [0.05, 0.1) is 35.6 Å². The average Bonchev–Trinajstić information content (AvgIpc) is 3.11. The molecule has 7 unspecified atom stereocenters. The minimum absolute atomic E-state index is 0.0556. The summed E-state index contributed by atoms with van der Waals surface area (Å²) < 4.78 is 17.8. The maximum absolute atomic E-state index is 12.2. The van der Waals surface area contributed by atoms with E-state index >= 15 is 0 Å². The molecule has 2 N–H and O–H groups in total. The fraction of sp³-hybridized carbons (Fsp3) is 0.850. The second kappa shape index (κ2) is 6.30. The molecule has 0 aromatic heterocycles. The van der Waals surface area contributed by atoms with Crippen molar-refractivity contribution in [1.29, 1.82) is 0 Å². The molecule has 4 aliphatic heterocycles. The van der Waals surface area contributed by atoms with E-state index in [2.05, 4.69) is 13.8 Å². The Morgan fingerprint density at radius 2 is 1.96 bits per heavy atom. The Balaban J connectivity index is 1.65. The second-order valence-corrected chi connectivity index (χ2v) is 8.97. The molecule has 0 amide bonds. The number of hydrogen-bond donors (Lipinski definition) is 2. The van der Waals surface area contributed by atoms with E-state index in [1.165, 1.54) is 0 Å². The largest absolute Gasteiger partial charge is 0.452 e.